The number of benzene rings is 2. The van der Waals surface area contributed by atoms with Gasteiger partial charge in [0.1, 0.15) is 0 Å². The van der Waals surface area contributed by atoms with Crippen molar-refractivity contribution in [3.63, 3.8) is 0 Å². The number of methoxy groups -OCH3 is 1. The molecular weight excluding hydrogens is 335 g/mol. The number of nitrogens with one attached hydrogen (secondary N) is 1. The van der Waals surface area contributed by atoms with Crippen LogP contribution in [0, 0.1) is 0 Å². The second kappa shape index (κ2) is 6.89. The van der Waals surface area contributed by atoms with E-state index in [1.807, 2.05) is 0 Å². The Morgan fingerprint density at radius 1 is 1.10 bits per heavy atom. The fourth-order valence-corrected chi connectivity index (χ4v) is 2.09. The van der Waals surface area contributed by atoms with E-state index in [2.05, 4.69) is 10.5 Å². The molecule has 0 aliphatic rings. The lowest BCUT2D eigenvalue weighted by Gasteiger charge is -2.06. The Labute approximate surface area is 136 Å². The van der Waals surface area contributed by atoms with E-state index in [0.29, 0.717) is 21.3 Å². The molecule has 0 unspecified atom stereocenters. The first-order valence-electron chi connectivity index (χ1n) is 5.82. The fraction of sp³-hybridized carbons (Fsp3) is 0.0714. The van der Waals surface area contributed by atoms with E-state index in [9.17, 15) is 5.11 Å². The first-order chi connectivity index (χ1) is 10.0. The van der Waals surface area contributed by atoms with Crippen LogP contribution in [0.5, 0.6) is 11.5 Å². The van der Waals surface area contributed by atoms with Crippen molar-refractivity contribution >= 4 is 46.7 Å². The lowest BCUT2D eigenvalue weighted by atomic mass is 10.2. The molecule has 2 aromatic carbocycles. The Morgan fingerprint density at radius 3 is 2.52 bits per heavy atom. The molecule has 2 rings (SSSR count). The summed E-state index contributed by atoms with van der Waals surface area (Å²) >= 11 is 17.6. The molecule has 0 aliphatic heterocycles. The molecule has 0 heterocycles. The van der Waals surface area contributed by atoms with Crippen molar-refractivity contribution < 1.29 is 9.84 Å². The molecule has 0 fully saturated rings. The van der Waals surface area contributed by atoms with Crippen molar-refractivity contribution in [2.45, 2.75) is 0 Å². The number of phenols is 1. The quantitative estimate of drug-likeness (QED) is 0.618. The number of aromatic hydroxyl groups is 1. The molecule has 0 radical (unpaired) electrons. The number of hydrogen-bond acceptors (Lipinski definition) is 4. The molecule has 7 heteroatoms. The monoisotopic (exact) mass is 344 g/mol. The summed E-state index contributed by atoms with van der Waals surface area (Å²) in [5, 5.41) is 14.8. The van der Waals surface area contributed by atoms with Gasteiger partial charge in [-0.2, -0.15) is 5.10 Å². The van der Waals surface area contributed by atoms with Gasteiger partial charge in [0.15, 0.2) is 11.5 Å². The number of halogens is 3. The normalized spacial score (nSPS) is 10.9. The van der Waals surface area contributed by atoms with E-state index in [0.717, 1.165) is 0 Å². The Kier molecular flexibility index (Phi) is 5.17. The van der Waals surface area contributed by atoms with Gasteiger partial charge >= 0.3 is 0 Å². The van der Waals surface area contributed by atoms with Crippen LogP contribution in [0.15, 0.2) is 35.4 Å². The number of anilines is 1. The van der Waals surface area contributed by atoms with Crippen LogP contribution in [0.4, 0.5) is 5.69 Å². The van der Waals surface area contributed by atoms with Crippen molar-refractivity contribution in [3.05, 3.63) is 51.0 Å². The standard InChI is InChI=1S/C14H11Cl3N2O2/c1-21-13-5-8(4-12(17)14(13)20)7-18-19-9-2-3-10(15)11(16)6-9/h2-7,19-20H,1H3. The maximum atomic E-state index is 9.64. The Hall–Kier alpha value is -1.62. The highest BCUT2D eigenvalue weighted by Crippen LogP contribution is 2.34. The predicted octanol–water partition coefficient (Wildman–Crippen LogP) is 4.81. The summed E-state index contributed by atoms with van der Waals surface area (Å²) in [7, 11) is 1.44. The molecule has 0 saturated carbocycles. The highest BCUT2D eigenvalue weighted by atomic mass is 35.5. The molecule has 2 N–H and O–H groups in total. The fourth-order valence-electron chi connectivity index (χ4n) is 1.57. The van der Waals surface area contributed by atoms with E-state index < -0.39 is 0 Å². The third-order valence-electron chi connectivity index (χ3n) is 2.60. The van der Waals surface area contributed by atoms with Gasteiger partial charge in [0.25, 0.3) is 0 Å². The SMILES string of the molecule is COc1cc(C=NNc2ccc(Cl)c(Cl)c2)cc(Cl)c1O. The van der Waals surface area contributed by atoms with Crippen LogP contribution < -0.4 is 10.2 Å². The van der Waals surface area contributed by atoms with Gasteiger partial charge in [-0.25, -0.2) is 0 Å². The first kappa shape index (κ1) is 15.8. The topological polar surface area (TPSA) is 53.8 Å². The molecule has 0 amide bonds. The average molecular weight is 346 g/mol. The van der Waals surface area contributed by atoms with E-state index in [1.165, 1.54) is 13.3 Å². The second-order valence-corrected chi connectivity index (χ2v) is 5.27. The zero-order valence-electron chi connectivity index (χ0n) is 10.9. The van der Waals surface area contributed by atoms with Gasteiger partial charge in [0, 0.05) is 0 Å². The maximum Gasteiger partial charge on any atom is 0.176 e. The van der Waals surface area contributed by atoms with E-state index in [-0.39, 0.29) is 16.5 Å². The minimum atomic E-state index is -0.103. The first-order valence-corrected chi connectivity index (χ1v) is 6.95. The number of hydrogen-bond donors (Lipinski definition) is 2. The van der Waals surface area contributed by atoms with Crippen molar-refractivity contribution in [2.75, 3.05) is 12.5 Å². The van der Waals surface area contributed by atoms with Crippen LogP contribution in [-0.4, -0.2) is 18.4 Å². The molecule has 110 valence electrons. The zero-order valence-corrected chi connectivity index (χ0v) is 13.2. The summed E-state index contributed by atoms with van der Waals surface area (Å²) in [5.74, 6) is 0.173. The highest BCUT2D eigenvalue weighted by Gasteiger charge is 2.07. The van der Waals surface area contributed by atoms with Crippen molar-refractivity contribution in [3.8, 4) is 11.5 Å². The minimum absolute atomic E-state index is 0.103. The van der Waals surface area contributed by atoms with Crippen LogP contribution in [-0.2, 0) is 0 Å². The van der Waals surface area contributed by atoms with Crippen LogP contribution in [0.3, 0.4) is 0 Å². The lowest BCUT2D eigenvalue weighted by Crippen LogP contribution is -1.92. The molecule has 0 atom stereocenters. The van der Waals surface area contributed by atoms with Crippen LogP contribution in [0.1, 0.15) is 5.56 Å². The van der Waals surface area contributed by atoms with Gasteiger partial charge in [-0.3, -0.25) is 5.43 Å². The zero-order chi connectivity index (χ0) is 15.4. The summed E-state index contributed by atoms with van der Waals surface area (Å²) in [6, 6.07) is 8.25. The Balaban J connectivity index is 2.14. The van der Waals surface area contributed by atoms with E-state index in [4.69, 9.17) is 39.5 Å². The Bertz CT molecular complexity index is 690. The average Bonchev–Trinajstić information content (AvgIpc) is 2.46. The summed E-state index contributed by atoms with van der Waals surface area (Å²) < 4.78 is 5.01. The largest absolute Gasteiger partial charge is 0.503 e. The molecule has 0 aromatic heterocycles. The highest BCUT2D eigenvalue weighted by molar-refractivity contribution is 6.42. The lowest BCUT2D eigenvalue weighted by molar-refractivity contribution is 0.373. The van der Waals surface area contributed by atoms with Crippen LogP contribution in [0.25, 0.3) is 0 Å². The smallest absolute Gasteiger partial charge is 0.176 e. The number of rotatable bonds is 4. The van der Waals surface area contributed by atoms with Crippen molar-refractivity contribution in [1.82, 2.24) is 0 Å². The molecule has 0 spiro atoms. The summed E-state index contributed by atoms with van der Waals surface area (Å²) in [6.07, 6.45) is 1.54. The van der Waals surface area contributed by atoms with Crippen LogP contribution in [0.2, 0.25) is 15.1 Å². The third-order valence-corrected chi connectivity index (χ3v) is 3.62. The minimum Gasteiger partial charge on any atom is -0.503 e. The van der Waals surface area contributed by atoms with E-state index >= 15 is 0 Å². The summed E-state index contributed by atoms with van der Waals surface area (Å²) in [4.78, 5) is 0. The summed E-state index contributed by atoms with van der Waals surface area (Å²) in [6.45, 7) is 0. The number of hydrazone groups is 1. The van der Waals surface area contributed by atoms with Gasteiger partial charge in [-0.15, -0.1) is 0 Å². The molecular formula is C14H11Cl3N2O2. The van der Waals surface area contributed by atoms with Gasteiger partial charge in [-0.05, 0) is 35.9 Å². The maximum absolute atomic E-state index is 9.64. The number of nitrogens with zero attached hydrogens (tertiary/aromatic N) is 1. The third kappa shape index (κ3) is 3.94. The number of phenolic OH excluding ortho intramolecular Hbond substituents is 1. The molecule has 2 aromatic rings. The molecule has 0 aliphatic carbocycles. The van der Waals surface area contributed by atoms with Crippen LogP contribution >= 0.6 is 34.8 Å². The molecule has 0 bridgehead atoms. The van der Waals surface area contributed by atoms with Gasteiger partial charge in [-0.1, -0.05) is 34.8 Å². The Morgan fingerprint density at radius 2 is 1.86 bits per heavy atom. The summed E-state index contributed by atoms with van der Waals surface area (Å²) in [5.41, 5.74) is 4.17. The molecule has 21 heavy (non-hydrogen) atoms. The van der Waals surface area contributed by atoms with E-state index in [1.54, 1.807) is 30.3 Å². The second-order valence-electron chi connectivity index (χ2n) is 4.05. The van der Waals surface area contributed by atoms with Crippen molar-refractivity contribution in [2.24, 2.45) is 5.10 Å². The molecule has 0 saturated heterocycles. The predicted molar refractivity (Wildman–Crippen MR) is 87.3 cm³/mol. The number of ether oxygens (including phenoxy) is 1. The molecule has 4 nitrogen and oxygen atoms in total. The van der Waals surface area contributed by atoms with Gasteiger partial charge in [0.05, 0.1) is 34.1 Å². The van der Waals surface area contributed by atoms with Gasteiger partial charge in [0.2, 0.25) is 0 Å². The van der Waals surface area contributed by atoms with Gasteiger partial charge < -0.3 is 9.84 Å². The van der Waals surface area contributed by atoms with Crippen molar-refractivity contribution in [1.29, 1.82) is 0 Å².